The van der Waals surface area contributed by atoms with Crippen molar-refractivity contribution in [1.82, 2.24) is 9.78 Å². The van der Waals surface area contributed by atoms with Crippen molar-refractivity contribution in [2.24, 2.45) is 12.0 Å². The monoisotopic (exact) mass is 334 g/mol. The van der Waals surface area contributed by atoms with Crippen LogP contribution in [-0.4, -0.2) is 24.5 Å². The van der Waals surface area contributed by atoms with E-state index in [0.29, 0.717) is 0 Å². The molecule has 0 amide bonds. The number of hydrogen-bond acceptors (Lipinski definition) is 3. The molecule has 0 spiro atoms. The van der Waals surface area contributed by atoms with Crippen LogP contribution in [0.15, 0.2) is 71.9 Å². The van der Waals surface area contributed by atoms with E-state index in [1.807, 2.05) is 60.3 Å². The molecule has 0 aliphatic heterocycles. The molecule has 0 aliphatic rings. The first kappa shape index (κ1) is 16.2. The van der Waals surface area contributed by atoms with Crippen LogP contribution in [0.2, 0.25) is 13.1 Å². The van der Waals surface area contributed by atoms with E-state index in [-0.39, 0.29) is 0 Å². The Labute approximate surface area is 144 Å². The van der Waals surface area contributed by atoms with Crippen molar-refractivity contribution in [3.8, 4) is 5.75 Å². The van der Waals surface area contributed by atoms with Gasteiger partial charge in [0.05, 0.1) is 11.4 Å². The lowest BCUT2D eigenvalue weighted by atomic mass is 10.1. The molecule has 0 saturated carbocycles. The summed E-state index contributed by atoms with van der Waals surface area (Å²) in [7, 11) is 1.07. The summed E-state index contributed by atoms with van der Waals surface area (Å²) in [5.74, 6) is 0.826. The smallest absolute Gasteiger partial charge is 0.274 e. The van der Waals surface area contributed by atoms with Crippen molar-refractivity contribution in [2.45, 2.75) is 13.1 Å². The van der Waals surface area contributed by atoms with Gasteiger partial charge in [0.1, 0.15) is 11.4 Å². The predicted molar refractivity (Wildman–Crippen MR) is 99.5 cm³/mol. The lowest BCUT2D eigenvalue weighted by Crippen LogP contribution is -2.12. The lowest BCUT2D eigenvalue weighted by molar-refractivity contribution is 0.582. The summed E-state index contributed by atoms with van der Waals surface area (Å²) >= 11 is 0. The number of para-hydroxylation sites is 2. The van der Waals surface area contributed by atoms with Crippen LogP contribution in [0.4, 0.5) is 5.69 Å². The summed E-state index contributed by atoms with van der Waals surface area (Å²) in [6.07, 6.45) is 1.79. The van der Waals surface area contributed by atoms with Crippen LogP contribution in [0.3, 0.4) is 0 Å². The molecular formula is C19H20N3OSi. The van der Waals surface area contributed by atoms with Gasteiger partial charge < -0.3 is 4.43 Å². The summed E-state index contributed by atoms with van der Waals surface area (Å²) in [6, 6.07) is 20.1. The topological polar surface area (TPSA) is 39.4 Å². The average Bonchev–Trinajstić information content (AvgIpc) is 3.00. The fourth-order valence-electron chi connectivity index (χ4n) is 2.45. The van der Waals surface area contributed by atoms with Gasteiger partial charge in [0.25, 0.3) is 9.04 Å². The van der Waals surface area contributed by atoms with E-state index in [9.17, 15) is 0 Å². The summed E-state index contributed by atoms with van der Waals surface area (Å²) in [6.45, 7) is 4.23. The second-order valence-electron chi connectivity index (χ2n) is 5.64. The Balaban J connectivity index is 2.14. The number of nitrogens with zero attached hydrogens (tertiary/aromatic N) is 3. The van der Waals surface area contributed by atoms with Crippen molar-refractivity contribution in [2.75, 3.05) is 0 Å². The van der Waals surface area contributed by atoms with E-state index in [0.717, 1.165) is 28.4 Å². The van der Waals surface area contributed by atoms with E-state index in [2.05, 4.69) is 30.3 Å². The van der Waals surface area contributed by atoms with Gasteiger partial charge in [-0.1, -0.05) is 42.5 Å². The minimum Gasteiger partial charge on any atom is -0.541 e. The van der Waals surface area contributed by atoms with Crippen LogP contribution < -0.4 is 4.43 Å². The molecular weight excluding hydrogens is 314 g/mol. The molecule has 3 aromatic rings. The predicted octanol–water partition coefficient (Wildman–Crippen LogP) is 4.22. The number of aryl methyl sites for hydroxylation is 1. The van der Waals surface area contributed by atoms with E-state index < -0.39 is 9.04 Å². The highest BCUT2D eigenvalue weighted by molar-refractivity contribution is 6.49. The molecule has 121 valence electrons. The summed E-state index contributed by atoms with van der Waals surface area (Å²) in [5.41, 5.74) is 3.74. The average molecular weight is 334 g/mol. The standard InChI is InChI=1S/C19H20N3OSi/c1-22-17(13-14-20-22)19(15-9-5-4-6-10-15)21-16-11-7-8-12-18(16)23-24(2)3/h4-14H,1-3H3. The quantitative estimate of drug-likeness (QED) is 0.518. The summed E-state index contributed by atoms with van der Waals surface area (Å²) in [4.78, 5) is 4.93. The SMILES string of the molecule is Cn1nccc1C(=Nc1ccccc1O[Si](C)C)c1ccccc1. The van der Waals surface area contributed by atoms with Crippen LogP contribution in [-0.2, 0) is 7.05 Å². The fourth-order valence-corrected chi connectivity index (χ4v) is 3.06. The first-order chi connectivity index (χ1) is 11.6. The zero-order valence-electron chi connectivity index (χ0n) is 14.1. The normalized spacial score (nSPS) is 11.8. The number of hydrogen-bond donors (Lipinski definition) is 0. The number of benzene rings is 2. The van der Waals surface area contributed by atoms with Gasteiger partial charge in [-0.3, -0.25) is 4.68 Å². The maximum atomic E-state index is 6.00. The minimum absolute atomic E-state index is 0.826. The Morgan fingerprint density at radius 1 is 1.00 bits per heavy atom. The first-order valence-corrected chi connectivity index (χ1v) is 10.3. The molecule has 3 rings (SSSR count). The molecule has 4 nitrogen and oxygen atoms in total. The third kappa shape index (κ3) is 3.63. The molecule has 0 aliphatic carbocycles. The molecule has 1 heterocycles. The van der Waals surface area contributed by atoms with E-state index in [1.54, 1.807) is 6.20 Å². The van der Waals surface area contributed by atoms with Gasteiger partial charge in [0, 0.05) is 18.8 Å². The molecule has 0 bridgehead atoms. The van der Waals surface area contributed by atoms with Crippen molar-refractivity contribution >= 4 is 20.4 Å². The van der Waals surface area contributed by atoms with Gasteiger partial charge in [0.15, 0.2) is 0 Å². The van der Waals surface area contributed by atoms with Crippen LogP contribution >= 0.6 is 0 Å². The molecule has 1 aromatic heterocycles. The van der Waals surface area contributed by atoms with Crippen molar-refractivity contribution in [3.63, 3.8) is 0 Å². The highest BCUT2D eigenvalue weighted by Crippen LogP contribution is 2.29. The highest BCUT2D eigenvalue weighted by Gasteiger charge is 2.13. The molecule has 0 atom stereocenters. The van der Waals surface area contributed by atoms with Crippen LogP contribution in [0.25, 0.3) is 0 Å². The Morgan fingerprint density at radius 3 is 2.38 bits per heavy atom. The van der Waals surface area contributed by atoms with Crippen molar-refractivity contribution in [1.29, 1.82) is 0 Å². The second kappa shape index (κ2) is 7.27. The maximum absolute atomic E-state index is 6.00. The molecule has 0 unspecified atom stereocenters. The number of aromatic nitrogens is 2. The van der Waals surface area contributed by atoms with Gasteiger partial charge in [-0.05, 0) is 31.3 Å². The Kier molecular flexibility index (Phi) is 4.91. The van der Waals surface area contributed by atoms with Gasteiger partial charge >= 0.3 is 0 Å². The molecule has 0 N–H and O–H groups in total. The van der Waals surface area contributed by atoms with E-state index >= 15 is 0 Å². The van der Waals surface area contributed by atoms with E-state index in [1.165, 1.54) is 0 Å². The zero-order valence-corrected chi connectivity index (χ0v) is 15.1. The van der Waals surface area contributed by atoms with Gasteiger partial charge in [-0.2, -0.15) is 5.10 Å². The maximum Gasteiger partial charge on any atom is 0.274 e. The first-order valence-electron chi connectivity index (χ1n) is 7.84. The van der Waals surface area contributed by atoms with Gasteiger partial charge in [-0.25, -0.2) is 4.99 Å². The zero-order chi connectivity index (χ0) is 16.9. The van der Waals surface area contributed by atoms with Crippen LogP contribution in [0.1, 0.15) is 11.3 Å². The summed E-state index contributed by atoms with van der Waals surface area (Å²) < 4.78 is 7.84. The Morgan fingerprint density at radius 2 is 1.71 bits per heavy atom. The minimum atomic E-state index is -0.856. The van der Waals surface area contributed by atoms with Gasteiger partial charge in [0.2, 0.25) is 0 Å². The number of rotatable bonds is 5. The fraction of sp³-hybridized carbons (Fsp3) is 0.158. The number of aliphatic imine (C=N–C) groups is 1. The lowest BCUT2D eigenvalue weighted by Gasteiger charge is -2.13. The Bertz CT molecular complexity index is 841. The summed E-state index contributed by atoms with van der Waals surface area (Å²) in [5, 5.41) is 4.29. The molecule has 2 aromatic carbocycles. The van der Waals surface area contributed by atoms with Gasteiger partial charge in [-0.15, -0.1) is 0 Å². The molecule has 24 heavy (non-hydrogen) atoms. The van der Waals surface area contributed by atoms with Crippen molar-refractivity contribution in [3.05, 3.63) is 78.1 Å². The van der Waals surface area contributed by atoms with Crippen LogP contribution in [0.5, 0.6) is 5.75 Å². The van der Waals surface area contributed by atoms with Crippen LogP contribution in [0, 0.1) is 0 Å². The highest BCUT2D eigenvalue weighted by atomic mass is 28.3. The third-order valence-electron chi connectivity index (χ3n) is 3.52. The largest absolute Gasteiger partial charge is 0.541 e. The molecule has 1 radical (unpaired) electrons. The molecule has 0 fully saturated rings. The molecule has 5 heteroatoms. The van der Waals surface area contributed by atoms with E-state index in [4.69, 9.17) is 9.42 Å². The molecule has 0 saturated heterocycles. The third-order valence-corrected chi connectivity index (χ3v) is 4.15. The van der Waals surface area contributed by atoms with Crippen molar-refractivity contribution < 1.29 is 4.43 Å². The second-order valence-corrected chi connectivity index (χ2v) is 7.67. The Hall–Kier alpha value is -2.66.